The molecule has 0 spiro atoms. The number of quaternary nitrogens is 1. The van der Waals surface area contributed by atoms with Gasteiger partial charge in [-0.2, -0.15) is 0 Å². The van der Waals surface area contributed by atoms with E-state index < -0.39 is 48.2 Å². The highest BCUT2D eigenvalue weighted by atomic mass is 32.2. The molecule has 0 aromatic rings. The molecule has 8 nitrogen and oxygen atoms in total. The normalized spacial score (nSPS) is 29.6. The first-order valence-corrected chi connectivity index (χ1v) is 9.40. The van der Waals surface area contributed by atoms with Crippen LogP contribution in [0.5, 0.6) is 0 Å². The summed E-state index contributed by atoms with van der Waals surface area (Å²) in [6, 6.07) is 0. The Labute approximate surface area is 119 Å². The van der Waals surface area contributed by atoms with Crippen LogP contribution in [-0.4, -0.2) is 70.2 Å². The lowest BCUT2D eigenvalue weighted by molar-refractivity contribution is -0.857. The van der Waals surface area contributed by atoms with E-state index in [0.717, 1.165) is 4.90 Å². The lowest BCUT2D eigenvalue weighted by atomic mass is 10.0. The van der Waals surface area contributed by atoms with Gasteiger partial charge >= 0.3 is 0 Å². The number of nitrogens with one attached hydrogen (secondary N) is 2. The first-order chi connectivity index (χ1) is 8.86. The summed E-state index contributed by atoms with van der Waals surface area (Å²) in [4.78, 5) is 12.8. The van der Waals surface area contributed by atoms with E-state index in [9.17, 15) is 26.2 Å². The van der Waals surface area contributed by atoms with Crippen LogP contribution in [0.15, 0.2) is 0 Å². The summed E-state index contributed by atoms with van der Waals surface area (Å²) in [7, 11) is -4.78. The Hall–Kier alpha value is -0.710. The van der Waals surface area contributed by atoms with Crippen molar-refractivity contribution in [2.24, 2.45) is 0 Å². The molecule has 0 aliphatic carbocycles. The van der Waals surface area contributed by atoms with Gasteiger partial charge in [0.2, 0.25) is 5.91 Å². The summed E-state index contributed by atoms with van der Waals surface area (Å²) < 4.78 is 56.8. The third-order valence-corrected chi connectivity index (χ3v) is 6.74. The highest BCUT2D eigenvalue weighted by Gasteiger charge is 2.51. The molecule has 0 saturated carbocycles. The lowest BCUT2D eigenvalue weighted by Crippen LogP contribution is -3.05. The van der Waals surface area contributed by atoms with Crippen molar-refractivity contribution in [1.29, 1.82) is 0 Å². The van der Waals surface area contributed by atoms with Crippen LogP contribution < -0.4 is 10.2 Å². The highest BCUT2D eigenvalue weighted by molar-refractivity contribution is 7.94. The van der Waals surface area contributed by atoms with Crippen molar-refractivity contribution in [2.45, 2.75) is 24.1 Å². The van der Waals surface area contributed by atoms with Crippen LogP contribution in [-0.2, 0) is 24.7 Å². The van der Waals surface area contributed by atoms with Crippen molar-refractivity contribution in [3.05, 3.63) is 0 Å². The molecule has 0 unspecified atom stereocenters. The largest absolute Gasteiger partial charge is 0.748 e. The quantitative estimate of drug-likeness (QED) is 0.510. The first-order valence-electron chi connectivity index (χ1n) is 6.11. The van der Waals surface area contributed by atoms with E-state index >= 15 is 0 Å². The Balaban J connectivity index is 2.91. The minimum atomic E-state index is -4.81. The molecule has 0 bridgehead atoms. The van der Waals surface area contributed by atoms with Crippen molar-refractivity contribution >= 4 is 25.9 Å². The predicted molar refractivity (Wildman–Crippen MR) is 71.0 cm³/mol. The molecule has 1 rings (SSSR count). The average Bonchev–Trinajstić information content (AvgIpc) is 2.45. The van der Waals surface area contributed by atoms with E-state index in [1.54, 1.807) is 0 Å². The fraction of sp³-hybridized carbons (Fsp3) is 0.900. The van der Waals surface area contributed by atoms with Crippen molar-refractivity contribution in [2.75, 3.05) is 32.1 Å². The van der Waals surface area contributed by atoms with Crippen LogP contribution in [0.3, 0.4) is 0 Å². The van der Waals surface area contributed by atoms with Crippen molar-refractivity contribution in [3.8, 4) is 0 Å². The van der Waals surface area contributed by atoms with Crippen LogP contribution in [0.4, 0.5) is 0 Å². The SMILES string of the molecule is C[NH+](C)CCC(=O)N[C@]1(C)CS(=O)(=O)C[C@@H]1S(=O)(=O)[O-]. The van der Waals surface area contributed by atoms with Crippen LogP contribution in [0.25, 0.3) is 0 Å². The Morgan fingerprint density at radius 2 is 2.00 bits per heavy atom. The number of rotatable bonds is 5. The summed E-state index contributed by atoms with van der Waals surface area (Å²) >= 11 is 0. The van der Waals surface area contributed by atoms with Gasteiger partial charge in [0.05, 0.1) is 49.4 Å². The molecule has 2 atom stereocenters. The second-order valence-electron chi connectivity index (χ2n) is 5.71. The van der Waals surface area contributed by atoms with E-state index in [-0.39, 0.29) is 6.42 Å². The molecule has 1 amide bonds. The van der Waals surface area contributed by atoms with Gasteiger partial charge in [0.15, 0.2) is 9.84 Å². The molecule has 0 aromatic heterocycles. The van der Waals surface area contributed by atoms with E-state index in [2.05, 4.69) is 5.32 Å². The van der Waals surface area contributed by atoms with Crippen LogP contribution in [0.1, 0.15) is 13.3 Å². The van der Waals surface area contributed by atoms with Gasteiger partial charge < -0.3 is 14.8 Å². The minimum Gasteiger partial charge on any atom is -0.748 e. The maximum Gasteiger partial charge on any atom is 0.226 e. The number of hydrogen-bond acceptors (Lipinski definition) is 6. The van der Waals surface area contributed by atoms with E-state index in [1.165, 1.54) is 6.92 Å². The Morgan fingerprint density at radius 1 is 1.45 bits per heavy atom. The Kier molecular flexibility index (Phi) is 4.84. The fourth-order valence-electron chi connectivity index (χ4n) is 2.29. The van der Waals surface area contributed by atoms with E-state index in [4.69, 9.17) is 0 Å². The molecule has 0 aromatic carbocycles. The summed E-state index contributed by atoms with van der Waals surface area (Å²) in [5.41, 5.74) is -1.56. The molecule has 1 heterocycles. The van der Waals surface area contributed by atoms with Crippen LogP contribution >= 0.6 is 0 Å². The molecule has 118 valence electrons. The molecular formula is C10H20N2O6S2. The molecule has 1 aliphatic rings. The van der Waals surface area contributed by atoms with Gasteiger partial charge in [-0.25, -0.2) is 16.8 Å². The predicted octanol–water partition coefficient (Wildman–Crippen LogP) is -3.26. The number of sulfone groups is 1. The summed E-state index contributed by atoms with van der Waals surface area (Å²) in [5, 5.41) is 0.769. The summed E-state index contributed by atoms with van der Waals surface area (Å²) in [5.74, 6) is -1.74. The lowest BCUT2D eigenvalue weighted by Gasteiger charge is -2.32. The summed E-state index contributed by atoms with van der Waals surface area (Å²) in [6.07, 6.45) is 0.129. The van der Waals surface area contributed by atoms with Crippen LogP contribution in [0, 0.1) is 0 Å². The third kappa shape index (κ3) is 4.40. The maximum absolute atomic E-state index is 11.8. The molecule has 2 N–H and O–H groups in total. The average molecular weight is 328 g/mol. The second-order valence-corrected chi connectivity index (χ2v) is 9.37. The number of amides is 1. The molecular weight excluding hydrogens is 308 g/mol. The molecule has 1 saturated heterocycles. The number of carbonyl (C=O) groups excluding carboxylic acids is 1. The zero-order chi connectivity index (χ0) is 15.8. The molecule has 1 fully saturated rings. The van der Waals surface area contributed by atoms with Crippen molar-refractivity contribution in [1.82, 2.24) is 5.32 Å². The number of carbonyl (C=O) groups is 1. The Morgan fingerprint density at radius 3 is 2.45 bits per heavy atom. The van der Waals surface area contributed by atoms with Gasteiger partial charge in [-0.15, -0.1) is 0 Å². The fourth-order valence-corrected chi connectivity index (χ4v) is 6.59. The molecule has 20 heavy (non-hydrogen) atoms. The Bertz CT molecular complexity index is 583. The van der Waals surface area contributed by atoms with Crippen LogP contribution in [0.2, 0.25) is 0 Å². The maximum atomic E-state index is 11.8. The van der Waals surface area contributed by atoms with Gasteiger partial charge in [-0.3, -0.25) is 4.79 Å². The van der Waals surface area contributed by atoms with Gasteiger partial charge in [0.25, 0.3) is 0 Å². The van der Waals surface area contributed by atoms with E-state index in [1.807, 2.05) is 14.1 Å². The second kappa shape index (κ2) is 5.58. The van der Waals surface area contributed by atoms with Crippen molar-refractivity contribution in [3.63, 3.8) is 0 Å². The van der Waals surface area contributed by atoms with E-state index in [0.29, 0.717) is 6.54 Å². The minimum absolute atomic E-state index is 0.129. The molecule has 10 heteroatoms. The standard InChI is InChI=1S/C10H20N2O6S2/c1-10(11-9(13)4-5-12(2)3)7-19(14,15)6-8(10)20(16,17)18/h8H,4-7H2,1-3H3,(H,11,13)(H,16,17,18)/t8-,10+/m0/s1. The van der Waals surface area contributed by atoms with Gasteiger partial charge in [-0.1, -0.05) is 0 Å². The first kappa shape index (κ1) is 17.3. The third-order valence-electron chi connectivity index (χ3n) is 3.26. The number of hydrogen-bond donors (Lipinski definition) is 2. The smallest absolute Gasteiger partial charge is 0.226 e. The van der Waals surface area contributed by atoms with Crippen molar-refractivity contribution < 1.29 is 31.1 Å². The molecule has 1 aliphatic heterocycles. The monoisotopic (exact) mass is 328 g/mol. The zero-order valence-electron chi connectivity index (χ0n) is 11.7. The van der Waals surface area contributed by atoms with Gasteiger partial charge in [0.1, 0.15) is 10.1 Å². The highest BCUT2D eigenvalue weighted by Crippen LogP contribution is 2.28. The molecule has 0 radical (unpaired) electrons. The van der Waals surface area contributed by atoms with Gasteiger partial charge in [0, 0.05) is 0 Å². The zero-order valence-corrected chi connectivity index (χ0v) is 13.3. The topological polar surface area (TPSA) is 125 Å². The summed E-state index contributed by atoms with van der Waals surface area (Å²) in [6.45, 7) is 1.81. The van der Waals surface area contributed by atoms with Gasteiger partial charge in [-0.05, 0) is 6.92 Å².